The van der Waals surface area contributed by atoms with E-state index < -0.39 is 11.9 Å². The fourth-order valence-electron chi connectivity index (χ4n) is 2.28. The molecular weight excluding hydrogens is 278 g/mol. The zero-order chi connectivity index (χ0) is 16.0. The number of aromatic nitrogens is 1. The molecule has 0 amide bonds. The van der Waals surface area contributed by atoms with Crippen molar-refractivity contribution in [3.63, 3.8) is 0 Å². The first-order valence-electron chi connectivity index (χ1n) is 8.39. The molecule has 0 N–H and O–H groups in total. The van der Waals surface area contributed by atoms with Crippen LogP contribution >= 0.6 is 0 Å². The summed E-state index contributed by atoms with van der Waals surface area (Å²) in [5.41, 5.74) is 0.357. The molecule has 122 valence electrons. The molecule has 4 heteroatoms. The van der Waals surface area contributed by atoms with E-state index in [1.165, 1.54) is 63.1 Å². The molecule has 0 aromatic carbocycles. The molecule has 0 radical (unpaired) electrons. The van der Waals surface area contributed by atoms with E-state index in [1.807, 2.05) is 0 Å². The smallest absolute Gasteiger partial charge is 0.345 e. The molecule has 4 nitrogen and oxygen atoms in total. The number of esters is 2. The second-order valence-electron chi connectivity index (χ2n) is 5.58. The first kappa shape index (κ1) is 18.3. The molecule has 22 heavy (non-hydrogen) atoms. The van der Waals surface area contributed by atoms with Crippen LogP contribution in [0.1, 0.15) is 81.5 Å². The van der Waals surface area contributed by atoms with Crippen molar-refractivity contribution in [3.8, 4) is 0 Å². The quantitative estimate of drug-likeness (QED) is 0.338. The van der Waals surface area contributed by atoms with Crippen LogP contribution in [0.4, 0.5) is 0 Å². The fraction of sp³-hybridized carbons (Fsp3) is 0.611. The highest BCUT2D eigenvalue weighted by Gasteiger charge is 2.12. The van der Waals surface area contributed by atoms with E-state index in [2.05, 4.69) is 11.9 Å². The Hall–Kier alpha value is -1.71. The minimum Gasteiger partial charge on any atom is -0.389 e. The average molecular weight is 305 g/mol. The maximum atomic E-state index is 11.6. The summed E-state index contributed by atoms with van der Waals surface area (Å²) in [7, 11) is 0. The van der Waals surface area contributed by atoms with E-state index in [1.54, 1.807) is 0 Å². The van der Waals surface area contributed by atoms with Crippen LogP contribution in [0, 0.1) is 0 Å². The van der Waals surface area contributed by atoms with E-state index in [0.29, 0.717) is 12.0 Å². The molecule has 0 unspecified atom stereocenters. The number of ether oxygens (including phenoxy) is 1. The first-order valence-corrected chi connectivity index (χ1v) is 8.39. The van der Waals surface area contributed by atoms with E-state index in [0.717, 1.165) is 19.3 Å². The van der Waals surface area contributed by atoms with Gasteiger partial charge >= 0.3 is 11.9 Å². The standard InChI is InChI=1S/C18H27NO3/c1-2-3-4-5-6-7-8-9-10-11-17(20)22-18(21)16-12-14-19-15-13-16/h12-15H,2-11H2,1H3. The van der Waals surface area contributed by atoms with Crippen LogP contribution in [0.2, 0.25) is 0 Å². The number of nitrogens with zero attached hydrogens (tertiary/aromatic N) is 1. The van der Waals surface area contributed by atoms with Crippen molar-refractivity contribution < 1.29 is 14.3 Å². The summed E-state index contributed by atoms with van der Waals surface area (Å²) in [5, 5.41) is 0. The van der Waals surface area contributed by atoms with E-state index in [9.17, 15) is 9.59 Å². The lowest BCUT2D eigenvalue weighted by Gasteiger charge is -2.03. The van der Waals surface area contributed by atoms with Gasteiger partial charge < -0.3 is 4.74 Å². The first-order chi connectivity index (χ1) is 10.7. The zero-order valence-electron chi connectivity index (χ0n) is 13.6. The lowest BCUT2D eigenvalue weighted by Crippen LogP contribution is -2.12. The highest BCUT2D eigenvalue weighted by Crippen LogP contribution is 2.11. The van der Waals surface area contributed by atoms with Crippen LogP contribution in [0.5, 0.6) is 0 Å². The Morgan fingerprint density at radius 1 is 0.909 bits per heavy atom. The van der Waals surface area contributed by atoms with Gasteiger partial charge in [0.2, 0.25) is 0 Å². The summed E-state index contributed by atoms with van der Waals surface area (Å²) >= 11 is 0. The third-order valence-corrected chi connectivity index (χ3v) is 3.61. The summed E-state index contributed by atoms with van der Waals surface area (Å²) in [6.45, 7) is 2.22. The normalized spacial score (nSPS) is 10.4. The summed E-state index contributed by atoms with van der Waals surface area (Å²) in [6, 6.07) is 3.07. The fourth-order valence-corrected chi connectivity index (χ4v) is 2.28. The number of hydrogen-bond donors (Lipinski definition) is 0. The Kier molecular flexibility index (Phi) is 9.92. The molecule has 1 aromatic rings. The number of pyridine rings is 1. The van der Waals surface area contributed by atoms with E-state index >= 15 is 0 Å². The van der Waals surface area contributed by atoms with Crippen LogP contribution in [0.15, 0.2) is 24.5 Å². The average Bonchev–Trinajstić information content (AvgIpc) is 2.54. The van der Waals surface area contributed by atoms with Crippen molar-refractivity contribution in [1.82, 2.24) is 4.98 Å². The highest BCUT2D eigenvalue weighted by atomic mass is 16.6. The second kappa shape index (κ2) is 11.9. The lowest BCUT2D eigenvalue weighted by molar-refractivity contribution is -0.138. The highest BCUT2D eigenvalue weighted by molar-refractivity contribution is 5.96. The molecule has 0 atom stereocenters. The summed E-state index contributed by atoms with van der Waals surface area (Å²) in [5.74, 6) is -1.03. The number of carbonyl (C=O) groups excluding carboxylic acids is 2. The maximum absolute atomic E-state index is 11.6. The van der Waals surface area contributed by atoms with Gasteiger partial charge in [-0.1, -0.05) is 58.3 Å². The molecule has 1 rings (SSSR count). The lowest BCUT2D eigenvalue weighted by atomic mass is 10.1. The molecule has 0 saturated carbocycles. The third kappa shape index (κ3) is 8.55. The largest absolute Gasteiger partial charge is 0.389 e. The van der Waals surface area contributed by atoms with Crippen molar-refractivity contribution >= 4 is 11.9 Å². The number of carbonyl (C=O) groups is 2. The van der Waals surface area contributed by atoms with Gasteiger partial charge in [-0.2, -0.15) is 0 Å². The van der Waals surface area contributed by atoms with Crippen LogP contribution in [-0.2, 0) is 9.53 Å². The third-order valence-electron chi connectivity index (χ3n) is 3.61. The zero-order valence-corrected chi connectivity index (χ0v) is 13.6. The topological polar surface area (TPSA) is 56.3 Å². The molecule has 0 saturated heterocycles. The Morgan fingerprint density at radius 2 is 1.45 bits per heavy atom. The van der Waals surface area contributed by atoms with Crippen molar-refractivity contribution in [2.75, 3.05) is 0 Å². The van der Waals surface area contributed by atoms with Crippen molar-refractivity contribution in [2.24, 2.45) is 0 Å². The predicted octanol–water partition coefficient (Wildman–Crippen LogP) is 4.69. The number of rotatable bonds is 11. The molecule has 0 aliphatic carbocycles. The molecule has 0 spiro atoms. The molecule has 0 aliphatic heterocycles. The molecule has 0 aliphatic rings. The van der Waals surface area contributed by atoms with Crippen LogP contribution in [0.25, 0.3) is 0 Å². The van der Waals surface area contributed by atoms with Gasteiger partial charge in [0, 0.05) is 18.8 Å². The Bertz CT molecular complexity index is 431. The maximum Gasteiger partial charge on any atom is 0.345 e. The Balaban J connectivity index is 2.01. The summed E-state index contributed by atoms with van der Waals surface area (Å²) in [6.07, 6.45) is 14.0. The molecule has 0 fully saturated rings. The van der Waals surface area contributed by atoms with Gasteiger partial charge in [-0.3, -0.25) is 9.78 Å². The molecular formula is C18H27NO3. The van der Waals surface area contributed by atoms with Crippen molar-refractivity contribution in [3.05, 3.63) is 30.1 Å². The second-order valence-corrected chi connectivity index (χ2v) is 5.58. The van der Waals surface area contributed by atoms with Crippen LogP contribution < -0.4 is 0 Å². The van der Waals surface area contributed by atoms with E-state index in [-0.39, 0.29) is 0 Å². The van der Waals surface area contributed by atoms with Gasteiger partial charge in [-0.25, -0.2) is 4.79 Å². The minimum absolute atomic E-state index is 0.312. The minimum atomic E-state index is -0.594. The van der Waals surface area contributed by atoms with E-state index in [4.69, 9.17) is 4.74 Å². The van der Waals surface area contributed by atoms with Crippen LogP contribution in [0.3, 0.4) is 0 Å². The molecule has 1 aromatic heterocycles. The van der Waals surface area contributed by atoms with Gasteiger partial charge in [0.25, 0.3) is 0 Å². The van der Waals surface area contributed by atoms with Crippen LogP contribution in [-0.4, -0.2) is 16.9 Å². The van der Waals surface area contributed by atoms with Gasteiger partial charge in [-0.05, 0) is 18.6 Å². The SMILES string of the molecule is CCCCCCCCCCCC(=O)OC(=O)c1ccncc1. The van der Waals surface area contributed by atoms with Gasteiger partial charge in [-0.15, -0.1) is 0 Å². The Morgan fingerprint density at radius 3 is 2.05 bits per heavy atom. The summed E-state index contributed by atoms with van der Waals surface area (Å²) < 4.78 is 4.80. The Labute approximate surface area is 133 Å². The van der Waals surface area contributed by atoms with Crippen molar-refractivity contribution in [1.29, 1.82) is 0 Å². The number of unbranched alkanes of at least 4 members (excludes halogenated alkanes) is 8. The predicted molar refractivity (Wildman–Crippen MR) is 86.5 cm³/mol. The number of hydrogen-bond acceptors (Lipinski definition) is 4. The molecule has 0 bridgehead atoms. The van der Waals surface area contributed by atoms with Gasteiger partial charge in [0.15, 0.2) is 0 Å². The van der Waals surface area contributed by atoms with Gasteiger partial charge in [0.05, 0.1) is 5.56 Å². The monoisotopic (exact) mass is 305 g/mol. The van der Waals surface area contributed by atoms with Gasteiger partial charge in [0.1, 0.15) is 0 Å². The molecule has 1 heterocycles. The van der Waals surface area contributed by atoms with Crippen molar-refractivity contribution in [2.45, 2.75) is 71.1 Å². The summed E-state index contributed by atoms with van der Waals surface area (Å²) in [4.78, 5) is 27.0.